The number of benzene rings is 3. The Morgan fingerprint density at radius 2 is 1.66 bits per heavy atom. The van der Waals surface area contributed by atoms with Crippen molar-refractivity contribution in [3.8, 4) is 0 Å². The van der Waals surface area contributed by atoms with Gasteiger partial charge in [0.15, 0.2) is 0 Å². The number of hydrogen-bond donors (Lipinski definition) is 1. The minimum absolute atomic E-state index is 0.0597. The Balaban J connectivity index is 1.52. The van der Waals surface area contributed by atoms with Crippen LogP contribution in [0.25, 0.3) is 0 Å². The SMILES string of the molecule is CC(F)(c1ccc2c(c1)CC[C@H]1N(Cc3ccc(C(=O)O)cc3)CC[C@@]21Cc1ccc(F)cc1)C(F)(F)F. The van der Waals surface area contributed by atoms with Crippen LogP contribution in [0.5, 0.6) is 0 Å². The van der Waals surface area contributed by atoms with Crippen molar-refractivity contribution in [2.75, 3.05) is 6.54 Å². The fraction of sp³-hybridized carbons (Fsp3) is 0.367. The lowest BCUT2D eigenvalue weighted by atomic mass is 9.63. The molecule has 0 amide bonds. The summed E-state index contributed by atoms with van der Waals surface area (Å²) in [5, 5.41) is 9.19. The van der Waals surface area contributed by atoms with E-state index in [1.165, 1.54) is 24.3 Å². The van der Waals surface area contributed by atoms with Crippen LogP contribution >= 0.6 is 0 Å². The van der Waals surface area contributed by atoms with Gasteiger partial charge >= 0.3 is 12.1 Å². The lowest BCUT2D eigenvalue weighted by molar-refractivity contribution is -0.228. The van der Waals surface area contributed by atoms with Gasteiger partial charge < -0.3 is 5.11 Å². The molecule has 3 atom stereocenters. The summed E-state index contributed by atoms with van der Waals surface area (Å²) in [6, 6.07) is 17.4. The second-order valence-corrected chi connectivity index (χ2v) is 10.6. The number of carboxylic acid groups (broad SMARTS) is 1. The van der Waals surface area contributed by atoms with Crippen molar-refractivity contribution in [2.24, 2.45) is 0 Å². The molecule has 1 heterocycles. The van der Waals surface area contributed by atoms with Crippen molar-refractivity contribution in [1.29, 1.82) is 0 Å². The fourth-order valence-electron chi connectivity index (χ4n) is 6.27. The van der Waals surface area contributed by atoms with Crippen LogP contribution in [0.3, 0.4) is 0 Å². The van der Waals surface area contributed by atoms with Crippen molar-refractivity contribution < 1.29 is 31.9 Å². The highest BCUT2D eigenvalue weighted by molar-refractivity contribution is 5.87. The maximum absolute atomic E-state index is 14.8. The third-order valence-electron chi connectivity index (χ3n) is 8.35. The van der Waals surface area contributed by atoms with Crippen molar-refractivity contribution in [2.45, 2.75) is 62.5 Å². The quantitative estimate of drug-likeness (QED) is 0.351. The highest BCUT2D eigenvalue weighted by Crippen LogP contribution is 2.51. The smallest absolute Gasteiger partial charge is 0.426 e. The number of nitrogens with zero attached hydrogens (tertiary/aromatic N) is 1. The Morgan fingerprint density at radius 1 is 1.00 bits per heavy atom. The number of aryl methyl sites for hydroxylation is 1. The highest BCUT2D eigenvalue weighted by Gasteiger charge is 2.55. The standard InChI is InChI=1S/C30H28F5NO2/c1-28(32,30(33,34)35)23-9-12-25-22(16-23)8-13-26-29(25,17-19-4-10-24(31)11-5-19)14-15-36(26)18-20-2-6-21(7-3-20)27(37)38/h2-7,9-12,16,26H,8,13-15,17-18H2,1H3,(H,37,38)/t26-,28?,29-/m1/s1. The molecule has 38 heavy (non-hydrogen) atoms. The molecule has 1 N–H and O–H groups in total. The van der Waals surface area contributed by atoms with E-state index >= 15 is 0 Å². The van der Waals surface area contributed by atoms with Crippen LogP contribution in [0, 0.1) is 5.82 Å². The van der Waals surface area contributed by atoms with Crippen LogP contribution in [-0.4, -0.2) is 34.7 Å². The third-order valence-corrected chi connectivity index (χ3v) is 8.35. The Hall–Kier alpha value is -3.26. The molecule has 0 saturated carbocycles. The summed E-state index contributed by atoms with van der Waals surface area (Å²) in [6.45, 7) is 1.89. The van der Waals surface area contributed by atoms with Gasteiger partial charge in [0.1, 0.15) is 5.82 Å². The summed E-state index contributed by atoms with van der Waals surface area (Å²) < 4.78 is 68.8. The van der Waals surface area contributed by atoms with Gasteiger partial charge in [-0.1, -0.05) is 42.5 Å². The molecule has 8 heteroatoms. The molecule has 0 radical (unpaired) electrons. The minimum Gasteiger partial charge on any atom is -0.478 e. The average Bonchev–Trinajstić information content (AvgIpc) is 3.22. The summed E-state index contributed by atoms with van der Waals surface area (Å²) in [4.78, 5) is 13.6. The lowest BCUT2D eigenvalue weighted by Gasteiger charge is -2.44. The van der Waals surface area contributed by atoms with Gasteiger partial charge in [-0.2, -0.15) is 13.2 Å². The van der Waals surface area contributed by atoms with E-state index < -0.39 is 28.8 Å². The molecular formula is C30H28F5NO2. The second kappa shape index (κ2) is 9.49. The predicted molar refractivity (Wildman–Crippen MR) is 133 cm³/mol. The van der Waals surface area contributed by atoms with E-state index in [1.807, 2.05) is 0 Å². The van der Waals surface area contributed by atoms with E-state index in [4.69, 9.17) is 0 Å². The van der Waals surface area contributed by atoms with E-state index in [-0.39, 0.29) is 17.4 Å². The zero-order valence-electron chi connectivity index (χ0n) is 20.9. The molecule has 5 rings (SSSR count). The number of aromatic carboxylic acids is 1. The zero-order valence-corrected chi connectivity index (χ0v) is 20.9. The molecule has 3 nitrogen and oxygen atoms in total. The van der Waals surface area contributed by atoms with Gasteiger partial charge in [-0.3, -0.25) is 4.90 Å². The van der Waals surface area contributed by atoms with Gasteiger partial charge in [-0.05, 0) is 91.2 Å². The maximum Gasteiger partial charge on any atom is 0.426 e. The number of fused-ring (bicyclic) bond motifs is 3. The normalized spacial score (nSPS) is 22.9. The van der Waals surface area contributed by atoms with Gasteiger partial charge in [0.25, 0.3) is 0 Å². The van der Waals surface area contributed by atoms with Crippen molar-refractivity contribution in [3.63, 3.8) is 0 Å². The Morgan fingerprint density at radius 3 is 2.29 bits per heavy atom. The summed E-state index contributed by atoms with van der Waals surface area (Å²) in [6.07, 6.45) is -2.52. The Labute approximate surface area is 217 Å². The Bertz CT molecular complexity index is 1330. The molecule has 1 unspecified atom stereocenters. The number of rotatable bonds is 6. The highest BCUT2D eigenvalue weighted by atomic mass is 19.4. The molecule has 1 aliphatic heterocycles. The molecule has 2 aliphatic rings. The summed E-state index contributed by atoms with van der Waals surface area (Å²) >= 11 is 0. The topological polar surface area (TPSA) is 40.5 Å². The van der Waals surface area contributed by atoms with E-state index in [2.05, 4.69) is 4.90 Å². The first-order valence-corrected chi connectivity index (χ1v) is 12.6. The first kappa shape index (κ1) is 26.4. The van der Waals surface area contributed by atoms with Crippen molar-refractivity contribution in [3.05, 3.63) is 106 Å². The first-order chi connectivity index (χ1) is 17.9. The number of alkyl halides is 4. The van der Waals surface area contributed by atoms with Gasteiger partial charge in [0.2, 0.25) is 5.67 Å². The zero-order chi connectivity index (χ0) is 27.3. The van der Waals surface area contributed by atoms with E-state index in [1.54, 1.807) is 42.5 Å². The molecule has 3 aromatic rings. The van der Waals surface area contributed by atoms with Crippen molar-refractivity contribution in [1.82, 2.24) is 4.90 Å². The molecule has 3 aromatic carbocycles. The molecular weight excluding hydrogens is 501 g/mol. The van der Waals surface area contributed by atoms with Crippen LogP contribution in [-0.2, 0) is 30.5 Å². The molecule has 1 saturated heterocycles. The largest absolute Gasteiger partial charge is 0.478 e. The van der Waals surface area contributed by atoms with Gasteiger partial charge in [0, 0.05) is 18.0 Å². The molecule has 1 fully saturated rings. The summed E-state index contributed by atoms with van der Waals surface area (Å²) in [5.41, 5.74) is -0.541. The summed E-state index contributed by atoms with van der Waals surface area (Å²) in [5.74, 6) is -1.34. The maximum atomic E-state index is 14.8. The second-order valence-electron chi connectivity index (χ2n) is 10.6. The number of hydrogen-bond acceptors (Lipinski definition) is 2. The molecule has 0 bridgehead atoms. The molecule has 1 aliphatic carbocycles. The van der Waals surface area contributed by atoms with E-state index in [9.17, 15) is 31.9 Å². The molecule has 0 aromatic heterocycles. The lowest BCUT2D eigenvalue weighted by Crippen LogP contribution is -2.47. The van der Waals surface area contributed by atoms with Crippen LogP contribution in [0.15, 0.2) is 66.7 Å². The average molecular weight is 530 g/mol. The van der Waals surface area contributed by atoms with Crippen LogP contribution in [0.2, 0.25) is 0 Å². The third kappa shape index (κ3) is 4.59. The molecule has 200 valence electrons. The van der Waals surface area contributed by atoms with Crippen LogP contribution in [0.4, 0.5) is 22.0 Å². The van der Waals surface area contributed by atoms with E-state index in [0.29, 0.717) is 32.7 Å². The minimum atomic E-state index is -5.02. The molecule has 0 spiro atoms. The number of carboxylic acids is 1. The monoisotopic (exact) mass is 529 g/mol. The van der Waals surface area contributed by atoms with Crippen LogP contribution < -0.4 is 0 Å². The van der Waals surface area contributed by atoms with E-state index in [0.717, 1.165) is 35.2 Å². The number of carbonyl (C=O) groups is 1. The number of halogens is 5. The fourth-order valence-corrected chi connectivity index (χ4v) is 6.27. The predicted octanol–water partition coefficient (Wildman–Crippen LogP) is 6.97. The first-order valence-electron chi connectivity index (χ1n) is 12.6. The number of likely N-dealkylation sites (tertiary alicyclic amines) is 1. The Kier molecular flexibility index (Phi) is 6.58. The van der Waals surface area contributed by atoms with Gasteiger partial charge in [-0.15, -0.1) is 0 Å². The van der Waals surface area contributed by atoms with Crippen molar-refractivity contribution >= 4 is 5.97 Å². The van der Waals surface area contributed by atoms with Crippen LogP contribution in [0.1, 0.15) is 57.9 Å². The summed E-state index contributed by atoms with van der Waals surface area (Å²) in [7, 11) is 0. The van der Waals surface area contributed by atoms with Gasteiger partial charge in [-0.25, -0.2) is 13.6 Å². The van der Waals surface area contributed by atoms with Gasteiger partial charge in [0.05, 0.1) is 5.56 Å².